The van der Waals surface area contributed by atoms with Crippen molar-refractivity contribution in [2.45, 2.75) is 39.0 Å². The van der Waals surface area contributed by atoms with Gasteiger partial charge in [-0.3, -0.25) is 14.5 Å². The van der Waals surface area contributed by atoms with E-state index in [9.17, 15) is 9.59 Å². The van der Waals surface area contributed by atoms with E-state index in [4.69, 9.17) is 5.11 Å². The summed E-state index contributed by atoms with van der Waals surface area (Å²) in [5, 5.41) is 8.97. The molecule has 0 aromatic rings. The molecule has 1 amide bonds. The SMILES string of the molecule is CCCN(CC(=O)N1CCC(C(=O)O)CC1)CC1CC1. The lowest BCUT2D eigenvalue weighted by molar-refractivity contribution is -0.146. The smallest absolute Gasteiger partial charge is 0.306 e. The van der Waals surface area contributed by atoms with Crippen LogP contribution in [0.3, 0.4) is 0 Å². The van der Waals surface area contributed by atoms with E-state index in [2.05, 4.69) is 11.8 Å². The van der Waals surface area contributed by atoms with Gasteiger partial charge < -0.3 is 10.0 Å². The predicted molar refractivity (Wildman–Crippen MR) is 76.4 cm³/mol. The minimum Gasteiger partial charge on any atom is -0.481 e. The first-order valence-electron chi connectivity index (χ1n) is 7.83. The van der Waals surface area contributed by atoms with Crippen LogP contribution in [0.5, 0.6) is 0 Å². The average Bonchev–Trinajstić information content (AvgIpc) is 3.23. The van der Waals surface area contributed by atoms with Crippen LogP contribution in [0.1, 0.15) is 39.0 Å². The summed E-state index contributed by atoms with van der Waals surface area (Å²) in [5.74, 6) is -0.0225. The van der Waals surface area contributed by atoms with Gasteiger partial charge in [-0.15, -0.1) is 0 Å². The first-order valence-corrected chi connectivity index (χ1v) is 7.83. The molecule has 5 heteroatoms. The molecule has 0 radical (unpaired) electrons. The molecule has 2 aliphatic rings. The first kappa shape index (κ1) is 15.3. The molecule has 0 unspecified atom stereocenters. The molecular formula is C15H26N2O3. The van der Waals surface area contributed by atoms with Crippen LogP contribution in [0.2, 0.25) is 0 Å². The number of likely N-dealkylation sites (tertiary alicyclic amines) is 1. The second-order valence-electron chi connectivity index (χ2n) is 6.17. The Balaban J connectivity index is 1.76. The Morgan fingerprint density at radius 1 is 1.20 bits per heavy atom. The number of carbonyl (C=O) groups excluding carboxylic acids is 1. The molecule has 0 aromatic carbocycles. The molecule has 1 aliphatic heterocycles. The van der Waals surface area contributed by atoms with Crippen LogP contribution < -0.4 is 0 Å². The number of rotatable bonds is 7. The van der Waals surface area contributed by atoms with Gasteiger partial charge in [-0.1, -0.05) is 6.92 Å². The standard InChI is InChI=1S/C15H26N2O3/c1-2-7-16(10-12-3-4-12)11-14(18)17-8-5-13(6-9-17)15(19)20/h12-13H,2-11H2,1H3,(H,19,20). The number of aliphatic carboxylic acids is 1. The van der Waals surface area contributed by atoms with E-state index in [-0.39, 0.29) is 11.8 Å². The fourth-order valence-corrected chi connectivity index (χ4v) is 2.88. The van der Waals surface area contributed by atoms with Crippen molar-refractivity contribution in [2.24, 2.45) is 11.8 Å². The van der Waals surface area contributed by atoms with Crippen LogP contribution in [0.4, 0.5) is 0 Å². The maximum Gasteiger partial charge on any atom is 0.306 e. The van der Waals surface area contributed by atoms with Crippen LogP contribution in [-0.2, 0) is 9.59 Å². The zero-order valence-corrected chi connectivity index (χ0v) is 12.4. The molecule has 1 saturated carbocycles. The summed E-state index contributed by atoms with van der Waals surface area (Å²) < 4.78 is 0. The summed E-state index contributed by atoms with van der Waals surface area (Å²) in [6.45, 7) is 5.86. The topological polar surface area (TPSA) is 60.9 Å². The van der Waals surface area contributed by atoms with Crippen molar-refractivity contribution < 1.29 is 14.7 Å². The molecule has 1 saturated heterocycles. The van der Waals surface area contributed by atoms with Crippen molar-refractivity contribution in [3.63, 3.8) is 0 Å². The summed E-state index contributed by atoms with van der Waals surface area (Å²) in [4.78, 5) is 27.3. The van der Waals surface area contributed by atoms with Gasteiger partial charge in [0.1, 0.15) is 0 Å². The minimum atomic E-state index is -0.724. The molecule has 0 atom stereocenters. The molecule has 0 spiro atoms. The highest BCUT2D eigenvalue weighted by atomic mass is 16.4. The maximum absolute atomic E-state index is 12.3. The third kappa shape index (κ3) is 4.47. The van der Waals surface area contributed by atoms with E-state index in [1.54, 1.807) is 0 Å². The third-order valence-corrected chi connectivity index (χ3v) is 4.31. The fraction of sp³-hybridized carbons (Fsp3) is 0.867. The van der Waals surface area contributed by atoms with Gasteiger partial charge in [0.05, 0.1) is 12.5 Å². The van der Waals surface area contributed by atoms with E-state index < -0.39 is 5.97 Å². The van der Waals surface area contributed by atoms with Crippen LogP contribution >= 0.6 is 0 Å². The summed E-state index contributed by atoms with van der Waals surface area (Å²) >= 11 is 0. The molecule has 1 heterocycles. The number of amides is 1. The van der Waals surface area contributed by atoms with E-state index in [1.165, 1.54) is 12.8 Å². The van der Waals surface area contributed by atoms with Gasteiger partial charge in [-0.2, -0.15) is 0 Å². The average molecular weight is 282 g/mol. The van der Waals surface area contributed by atoms with Crippen molar-refractivity contribution in [1.29, 1.82) is 0 Å². The Kier molecular flexibility index (Phi) is 5.40. The molecular weight excluding hydrogens is 256 g/mol. The lowest BCUT2D eigenvalue weighted by Crippen LogP contribution is -2.45. The molecule has 20 heavy (non-hydrogen) atoms. The van der Waals surface area contributed by atoms with Crippen molar-refractivity contribution in [2.75, 3.05) is 32.7 Å². The van der Waals surface area contributed by atoms with Crippen LogP contribution in [0.25, 0.3) is 0 Å². The lowest BCUT2D eigenvalue weighted by atomic mass is 9.97. The number of carboxylic acid groups (broad SMARTS) is 1. The summed E-state index contributed by atoms with van der Waals surface area (Å²) in [5.41, 5.74) is 0. The zero-order valence-electron chi connectivity index (χ0n) is 12.4. The highest BCUT2D eigenvalue weighted by molar-refractivity contribution is 5.79. The molecule has 2 fully saturated rings. The first-order chi connectivity index (χ1) is 9.60. The Morgan fingerprint density at radius 3 is 2.35 bits per heavy atom. The normalized spacial score (nSPS) is 20.4. The van der Waals surface area contributed by atoms with Gasteiger partial charge in [0.15, 0.2) is 0 Å². The predicted octanol–water partition coefficient (Wildman–Crippen LogP) is 1.43. The highest BCUT2D eigenvalue weighted by Gasteiger charge is 2.29. The van der Waals surface area contributed by atoms with Crippen molar-refractivity contribution >= 4 is 11.9 Å². The number of nitrogens with zero attached hydrogens (tertiary/aromatic N) is 2. The number of hydrogen-bond donors (Lipinski definition) is 1. The molecule has 5 nitrogen and oxygen atoms in total. The largest absolute Gasteiger partial charge is 0.481 e. The number of carboxylic acids is 1. The minimum absolute atomic E-state index is 0.169. The summed E-state index contributed by atoms with van der Waals surface area (Å²) in [6.07, 6.45) is 4.87. The van der Waals surface area contributed by atoms with Crippen LogP contribution in [-0.4, -0.2) is 59.5 Å². The van der Waals surface area contributed by atoms with Gasteiger partial charge in [0, 0.05) is 19.6 Å². The highest BCUT2D eigenvalue weighted by Crippen LogP contribution is 2.29. The lowest BCUT2D eigenvalue weighted by Gasteiger charge is -2.32. The van der Waals surface area contributed by atoms with Gasteiger partial charge in [0.2, 0.25) is 5.91 Å². The molecule has 114 valence electrons. The monoisotopic (exact) mass is 282 g/mol. The Labute approximate surface area is 120 Å². The summed E-state index contributed by atoms with van der Waals surface area (Å²) in [6, 6.07) is 0. The molecule has 2 rings (SSSR count). The Morgan fingerprint density at radius 2 is 1.85 bits per heavy atom. The van der Waals surface area contributed by atoms with E-state index in [1.807, 2.05) is 4.90 Å². The van der Waals surface area contributed by atoms with Crippen LogP contribution in [0, 0.1) is 11.8 Å². The van der Waals surface area contributed by atoms with Gasteiger partial charge >= 0.3 is 5.97 Å². The van der Waals surface area contributed by atoms with Crippen molar-refractivity contribution in [3.8, 4) is 0 Å². The van der Waals surface area contributed by atoms with E-state index in [0.717, 1.165) is 25.4 Å². The van der Waals surface area contributed by atoms with Crippen molar-refractivity contribution in [3.05, 3.63) is 0 Å². The molecule has 1 N–H and O–H groups in total. The van der Waals surface area contributed by atoms with E-state index in [0.29, 0.717) is 32.5 Å². The van der Waals surface area contributed by atoms with Crippen LogP contribution in [0.15, 0.2) is 0 Å². The molecule has 0 bridgehead atoms. The molecule has 1 aliphatic carbocycles. The second-order valence-corrected chi connectivity index (χ2v) is 6.17. The number of carbonyl (C=O) groups is 2. The second kappa shape index (κ2) is 7.07. The maximum atomic E-state index is 12.3. The van der Waals surface area contributed by atoms with Gasteiger partial charge in [0.25, 0.3) is 0 Å². The zero-order chi connectivity index (χ0) is 14.5. The van der Waals surface area contributed by atoms with Gasteiger partial charge in [-0.25, -0.2) is 0 Å². The van der Waals surface area contributed by atoms with Crippen molar-refractivity contribution in [1.82, 2.24) is 9.80 Å². The third-order valence-electron chi connectivity index (χ3n) is 4.31. The van der Waals surface area contributed by atoms with E-state index >= 15 is 0 Å². The fourth-order valence-electron chi connectivity index (χ4n) is 2.88. The quantitative estimate of drug-likeness (QED) is 0.767. The Bertz CT molecular complexity index is 347. The number of hydrogen-bond acceptors (Lipinski definition) is 3. The Hall–Kier alpha value is -1.10. The molecule has 0 aromatic heterocycles. The number of piperidine rings is 1. The summed E-state index contributed by atoms with van der Waals surface area (Å²) in [7, 11) is 0. The van der Waals surface area contributed by atoms with Gasteiger partial charge in [-0.05, 0) is 44.6 Å².